The number of hydrogen-bond donors (Lipinski definition) is 0. The number of pyridine rings is 1. The van der Waals surface area contributed by atoms with Gasteiger partial charge in [0, 0.05) is 28.6 Å². The molecule has 0 fully saturated rings. The van der Waals surface area contributed by atoms with Crippen LogP contribution in [0.25, 0.3) is 106 Å². The molecule has 0 amide bonds. The SMILES string of the molecule is c1ccc(-c2nc(-c3ccccc3)nc(-c3ccc4c5ccc(-c6ccc7nc(-c8ccccn8)n(-c8ccccc8)c7c6)cc5c5ccccc5c4c3)n2)cc1. The lowest BCUT2D eigenvalue weighted by Gasteiger charge is -2.14. The third kappa shape index (κ3) is 5.70. The van der Waals surface area contributed by atoms with Crippen molar-refractivity contribution in [1.29, 1.82) is 0 Å². The number of hydrogen-bond acceptors (Lipinski definition) is 5. The Labute approximate surface area is 328 Å². The van der Waals surface area contributed by atoms with Gasteiger partial charge in [0.05, 0.1) is 11.0 Å². The molecule has 0 aliphatic rings. The van der Waals surface area contributed by atoms with Gasteiger partial charge in [0.2, 0.25) is 0 Å². The van der Waals surface area contributed by atoms with E-state index in [9.17, 15) is 0 Å². The first-order chi connectivity index (χ1) is 28.2. The van der Waals surface area contributed by atoms with Gasteiger partial charge in [-0.1, -0.05) is 140 Å². The summed E-state index contributed by atoms with van der Waals surface area (Å²) in [6, 6.07) is 65.2. The molecule has 0 aliphatic heterocycles. The van der Waals surface area contributed by atoms with Crippen LogP contribution in [0.5, 0.6) is 0 Å². The molecule has 11 aromatic rings. The van der Waals surface area contributed by atoms with Gasteiger partial charge >= 0.3 is 0 Å². The second-order valence-electron chi connectivity index (χ2n) is 14.1. The molecule has 0 bridgehead atoms. The van der Waals surface area contributed by atoms with Gasteiger partial charge < -0.3 is 0 Å². The van der Waals surface area contributed by atoms with Crippen molar-refractivity contribution in [2.75, 3.05) is 0 Å². The third-order valence-corrected chi connectivity index (χ3v) is 10.7. The number of nitrogens with zero attached hydrogens (tertiary/aromatic N) is 6. The highest BCUT2D eigenvalue weighted by Crippen LogP contribution is 2.40. The summed E-state index contributed by atoms with van der Waals surface area (Å²) >= 11 is 0. The molecule has 0 unspecified atom stereocenters. The Morgan fingerprint density at radius 2 is 0.825 bits per heavy atom. The van der Waals surface area contributed by atoms with E-state index in [1.807, 2.05) is 91.1 Å². The van der Waals surface area contributed by atoms with Gasteiger partial charge in [0.1, 0.15) is 5.69 Å². The molecule has 57 heavy (non-hydrogen) atoms. The fraction of sp³-hybridized carbons (Fsp3) is 0. The average molecular weight is 729 g/mol. The highest BCUT2D eigenvalue weighted by atomic mass is 15.1. The van der Waals surface area contributed by atoms with Gasteiger partial charge in [-0.25, -0.2) is 19.9 Å². The van der Waals surface area contributed by atoms with E-state index in [1.165, 1.54) is 26.9 Å². The lowest BCUT2D eigenvalue weighted by Crippen LogP contribution is -2.00. The van der Waals surface area contributed by atoms with Crippen LogP contribution in [0.2, 0.25) is 0 Å². The molecular formula is C51H32N6. The van der Waals surface area contributed by atoms with Crippen molar-refractivity contribution in [1.82, 2.24) is 29.5 Å². The summed E-state index contributed by atoms with van der Waals surface area (Å²) in [5.41, 5.74) is 8.90. The van der Waals surface area contributed by atoms with Gasteiger partial charge in [0.25, 0.3) is 0 Å². The maximum atomic E-state index is 5.08. The van der Waals surface area contributed by atoms with Crippen molar-refractivity contribution in [3.05, 3.63) is 194 Å². The van der Waals surface area contributed by atoms with Crippen molar-refractivity contribution in [2.24, 2.45) is 0 Å². The average Bonchev–Trinajstić information content (AvgIpc) is 3.69. The Hall–Kier alpha value is -7.83. The smallest absolute Gasteiger partial charge is 0.164 e. The second kappa shape index (κ2) is 13.5. The van der Waals surface area contributed by atoms with Gasteiger partial charge in [-0.05, 0) is 92.0 Å². The van der Waals surface area contributed by atoms with Gasteiger partial charge in [-0.2, -0.15) is 0 Å². The molecule has 0 atom stereocenters. The van der Waals surface area contributed by atoms with E-state index in [-0.39, 0.29) is 0 Å². The second-order valence-corrected chi connectivity index (χ2v) is 14.1. The Bertz CT molecular complexity index is 3190. The summed E-state index contributed by atoms with van der Waals surface area (Å²) in [5.74, 6) is 2.75. The molecule has 8 aromatic carbocycles. The van der Waals surface area contributed by atoms with Gasteiger partial charge in [-0.15, -0.1) is 0 Å². The largest absolute Gasteiger partial charge is 0.291 e. The van der Waals surface area contributed by atoms with Crippen LogP contribution in [-0.2, 0) is 0 Å². The minimum absolute atomic E-state index is 0.639. The predicted molar refractivity (Wildman–Crippen MR) is 232 cm³/mol. The maximum absolute atomic E-state index is 5.08. The van der Waals surface area contributed by atoms with Crippen LogP contribution in [-0.4, -0.2) is 29.5 Å². The van der Waals surface area contributed by atoms with Gasteiger partial charge in [-0.3, -0.25) is 9.55 Å². The zero-order chi connectivity index (χ0) is 37.7. The quantitative estimate of drug-likeness (QED) is 0.159. The fourth-order valence-electron chi connectivity index (χ4n) is 7.97. The maximum Gasteiger partial charge on any atom is 0.164 e. The fourth-order valence-corrected chi connectivity index (χ4v) is 7.97. The lowest BCUT2D eigenvalue weighted by atomic mass is 9.91. The summed E-state index contributed by atoms with van der Waals surface area (Å²) in [6.07, 6.45) is 1.82. The van der Waals surface area contributed by atoms with Crippen molar-refractivity contribution < 1.29 is 0 Å². The number of benzene rings is 8. The summed E-state index contributed by atoms with van der Waals surface area (Å²) in [5, 5.41) is 7.10. The number of rotatable bonds is 6. The number of fused-ring (bicyclic) bond motifs is 7. The Balaban J connectivity index is 1.07. The molecule has 3 aromatic heterocycles. The summed E-state index contributed by atoms with van der Waals surface area (Å²) in [6.45, 7) is 0. The van der Waals surface area contributed by atoms with Crippen molar-refractivity contribution >= 4 is 43.4 Å². The first kappa shape index (κ1) is 32.6. The van der Waals surface area contributed by atoms with E-state index in [0.717, 1.165) is 61.4 Å². The molecule has 11 rings (SSSR count). The van der Waals surface area contributed by atoms with Crippen LogP contribution in [0.1, 0.15) is 0 Å². The summed E-state index contributed by atoms with van der Waals surface area (Å²) in [4.78, 5) is 24.7. The normalized spacial score (nSPS) is 11.5. The molecule has 0 saturated carbocycles. The molecular weight excluding hydrogens is 697 g/mol. The van der Waals surface area contributed by atoms with Crippen LogP contribution in [0.4, 0.5) is 0 Å². The van der Waals surface area contributed by atoms with Gasteiger partial charge in [0.15, 0.2) is 23.3 Å². The molecule has 6 heteroatoms. The number of para-hydroxylation sites is 1. The van der Waals surface area contributed by atoms with E-state index in [2.05, 4.69) is 113 Å². The zero-order valence-electron chi connectivity index (χ0n) is 30.7. The Morgan fingerprint density at radius 1 is 0.333 bits per heavy atom. The lowest BCUT2D eigenvalue weighted by molar-refractivity contribution is 1.07. The first-order valence-corrected chi connectivity index (χ1v) is 19.0. The Morgan fingerprint density at radius 3 is 1.44 bits per heavy atom. The third-order valence-electron chi connectivity index (χ3n) is 10.7. The molecule has 0 saturated heterocycles. The molecule has 266 valence electrons. The molecule has 0 radical (unpaired) electrons. The van der Waals surface area contributed by atoms with Crippen LogP contribution in [0.3, 0.4) is 0 Å². The standard InChI is InChI=1S/C51H32N6/c1-4-14-33(15-5-1)48-54-49(34-16-6-2-7-17-34)56-50(55-48)37-24-27-42-41-26-23-35(30-43(41)39-20-10-11-21-40(39)44(42)31-37)36-25-28-45-47(32-36)57(38-18-8-3-9-19-38)51(53-45)46-22-12-13-29-52-46/h1-32H. The van der Waals surface area contributed by atoms with Crippen LogP contribution in [0.15, 0.2) is 194 Å². The van der Waals surface area contributed by atoms with E-state index < -0.39 is 0 Å². The first-order valence-electron chi connectivity index (χ1n) is 19.0. The summed E-state index contributed by atoms with van der Waals surface area (Å²) < 4.78 is 2.21. The van der Waals surface area contributed by atoms with Crippen LogP contribution in [0, 0.1) is 0 Å². The van der Waals surface area contributed by atoms with Crippen molar-refractivity contribution in [3.63, 3.8) is 0 Å². The minimum atomic E-state index is 0.639. The van der Waals surface area contributed by atoms with E-state index >= 15 is 0 Å². The molecule has 0 aliphatic carbocycles. The van der Waals surface area contributed by atoms with Crippen LogP contribution < -0.4 is 0 Å². The highest BCUT2D eigenvalue weighted by molar-refractivity contribution is 6.26. The number of aromatic nitrogens is 6. The van der Waals surface area contributed by atoms with E-state index in [0.29, 0.717) is 17.5 Å². The predicted octanol–water partition coefficient (Wildman–Crippen LogP) is 12.4. The number of imidazole rings is 1. The van der Waals surface area contributed by atoms with Crippen molar-refractivity contribution in [2.45, 2.75) is 0 Å². The molecule has 0 spiro atoms. The zero-order valence-corrected chi connectivity index (χ0v) is 30.7. The van der Waals surface area contributed by atoms with Crippen LogP contribution >= 0.6 is 0 Å². The van der Waals surface area contributed by atoms with E-state index in [1.54, 1.807) is 0 Å². The molecule has 6 nitrogen and oxygen atoms in total. The molecule has 3 heterocycles. The molecule has 0 N–H and O–H groups in total. The summed E-state index contributed by atoms with van der Waals surface area (Å²) in [7, 11) is 0. The topological polar surface area (TPSA) is 69.4 Å². The van der Waals surface area contributed by atoms with Crippen molar-refractivity contribution in [3.8, 4) is 62.5 Å². The Kier molecular flexibility index (Phi) is 7.71. The minimum Gasteiger partial charge on any atom is -0.291 e. The van der Waals surface area contributed by atoms with E-state index in [4.69, 9.17) is 19.9 Å². The highest BCUT2D eigenvalue weighted by Gasteiger charge is 2.18. The monoisotopic (exact) mass is 728 g/mol.